The highest BCUT2D eigenvalue weighted by Crippen LogP contribution is 2.31. The fourth-order valence-corrected chi connectivity index (χ4v) is 3.42. The molecule has 0 radical (unpaired) electrons. The Morgan fingerprint density at radius 3 is 2.52 bits per heavy atom. The first-order chi connectivity index (χ1) is 13.1. The average Bonchev–Trinajstić information content (AvgIpc) is 3.10. The minimum absolute atomic E-state index is 0.0138. The number of carbonyl (C=O) groups is 1. The van der Waals surface area contributed by atoms with E-state index in [0.717, 1.165) is 22.6 Å². The number of nitrogens with one attached hydrogen (secondary N) is 1. The van der Waals surface area contributed by atoms with Crippen molar-refractivity contribution in [2.24, 2.45) is 0 Å². The average molecular weight is 379 g/mol. The summed E-state index contributed by atoms with van der Waals surface area (Å²) in [4.78, 5) is 28.0. The molecule has 2 aromatic carbocycles. The van der Waals surface area contributed by atoms with Crippen LogP contribution in [0.25, 0.3) is 17.3 Å². The number of hydrogen-bond donors (Lipinski definition) is 1. The van der Waals surface area contributed by atoms with Crippen LogP contribution in [0.5, 0.6) is 0 Å². The number of benzene rings is 2. The van der Waals surface area contributed by atoms with Crippen molar-refractivity contribution in [1.29, 1.82) is 0 Å². The van der Waals surface area contributed by atoms with Crippen LogP contribution in [0.3, 0.4) is 0 Å². The van der Waals surface area contributed by atoms with Crippen molar-refractivity contribution < 1.29 is 9.72 Å². The monoisotopic (exact) mass is 379 g/mol. The zero-order chi connectivity index (χ0) is 19.2. The second-order valence-electron chi connectivity index (χ2n) is 5.68. The Morgan fingerprint density at radius 2 is 1.89 bits per heavy atom. The van der Waals surface area contributed by atoms with Crippen LogP contribution in [0.15, 0.2) is 60.7 Å². The molecule has 0 spiro atoms. The second-order valence-corrected chi connectivity index (χ2v) is 6.77. The molecule has 27 heavy (non-hydrogen) atoms. The van der Waals surface area contributed by atoms with E-state index in [1.165, 1.54) is 29.5 Å². The van der Waals surface area contributed by atoms with Crippen molar-refractivity contribution in [2.75, 3.05) is 5.32 Å². The number of non-ortho nitro benzene ring substituents is 1. The van der Waals surface area contributed by atoms with Gasteiger partial charge in [0.1, 0.15) is 0 Å². The van der Waals surface area contributed by atoms with Crippen LogP contribution in [-0.4, -0.2) is 15.8 Å². The molecular weight excluding hydrogens is 362 g/mol. The van der Waals surface area contributed by atoms with Gasteiger partial charge in [0.05, 0.1) is 10.6 Å². The molecule has 1 aromatic heterocycles. The number of hydrogen-bond acceptors (Lipinski definition) is 5. The summed E-state index contributed by atoms with van der Waals surface area (Å²) in [6.07, 6.45) is 3.82. The van der Waals surface area contributed by atoms with Gasteiger partial charge in [-0.15, -0.1) is 11.3 Å². The highest BCUT2D eigenvalue weighted by atomic mass is 32.1. The van der Waals surface area contributed by atoms with Crippen LogP contribution in [0.4, 0.5) is 10.8 Å². The molecule has 0 saturated heterocycles. The van der Waals surface area contributed by atoms with Gasteiger partial charge in [0.15, 0.2) is 5.13 Å². The van der Waals surface area contributed by atoms with Crippen molar-refractivity contribution in [3.05, 3.63) is 81.2 Å². The lowest BCUT2D eigenvalue weighted by molar-refractivity contribution is -0.384. The number of carbonyl (C=O) groups excluding carboxylic acids is 1. The molecule has 0 aliphatic rings. The van der Waals surface area contributed by atoms with E-state index >= 15 is 0 Å². The molecule has 0 aliphatic carbocycles. The summed E-state index contributed by atoms with van der Waals surface area (Å²) in [6.45, 7) is 2.06. The SMILES string of the molecule is CCc1sc(NC(=O)C=Cc2ccc([N+](=O)[O-])cc2)nc1-c1ccccc1. The molecule has 7 heteroatoms. The zero-order valence-electron chi connectivity index (χ0n) is 14.6. The summed E-state index contributed by atoms with van der Waals surface area (Å²) in [6, 6.07) is 15.8. The fourth-order valence-electron chi connectivity index (χ4n) is 2.49. The molecule has 1 N–H and O–H groups in total. The first-order valence-corrected chi connectivity index (χ1v) is 9.17. The molecule has 0 unspecified atom stereocenters. The molecule has 0 saturated carbocycles. The summed E-state index contributed by atoms with van der Waals surface area (Å²) in [5, 5.41) is 14.0. The Labute approximate surface area is 160 Å². The number of aryl methyl sites for hydroxylation is 1. The van der Waals surface area contributed by atoms with E-state index in [0.29, 0.717) is 10.7 Å². The second kappa shape index (κ2) is 8.37. The smallest absolute Gasteiger partial charge is 0.269 e. The van der Waals surface area contributed by atoms with Crippen LogP contribution in [0.2, 0.25) is 0 Å². The number of thiazole rings is 1. The number of rotatable bonds is 6. The Morgan fingerprint density at radius 1 is 1.19 bits per heavy atom. The van der Waals surface area contributed by atoms with Crippen molar-refractivity contribution in [1.82, 2.24) is 4.98 Å². The predicted molar refractivity (Wildman–Crippen MR) is 108 cm³/mol. The summed E-state index contributed by atoms with van der Waals surface area (Å²) in [5.74, 6) is -0.302. The van der Waals surface area contributed by atoms with E-state index in [4.69, 9.17) is 0 Å². The maximum Gasteiger partial charge on any atom is 0.269 e. The van der Waals surface area contributed by atoms with E-state index in [1.54, 1.807) is 18.2 Å². The third kappa shape index (κ3) is 4.65. The van der Waals surface area contributed by atoms with Gasteiger partial charge in [-0.05, 0) is 30.2 Å². The van der Waals surface area contributed by atoms with Crippen molar-refractivity contribution in [3.8, 4) is 11.3 Å². The first kappa shape index (κ1) is 18.5. The van der Waals surface area contributed by atoms with Crippen LogP contribution < -0.4 is 5.32 Å². The summed E-state index contributed by atoms with van der Waals surface area (Å²) >= 11 is 1.46. The Kier molecular flexibility index (Phi) is 5.73. The number of nitrogens with zero attached hydrogens (tertiary/aromatic N) is 2. The van der Waals surface area contributed by atoms with Gasteiger partial charge in [0, 0.05) is 28.6 Å². The number of amides is 1. The van der Waals surface area contributed by atoms with Gasteiger partial charge in [-0.25, -0.2) is 4.98 Å². The first-order valence-electron chi connectivity index (χ1n) is 8.35. The summed E-state index contributed by atoms with van der Waals surface area (Å²) in [7, 11) is 0. The molecule has 1 amide bonds. The molecule has 3 aromatic rings. The molecule has 0 bridgehead atoms. The van der Waals surface area contributed by atoms with E-state index in [1.807, 2.05) is 30.3 Å². The lowest BCUT2D eigenvalue weighted by Crippen LogP contribution is -2.07. The standard InChI is InChI=1S/C20H17N3O3S/c1-2-17-19(15-6-4-3-5-7-15)22-20(27-17)21-18(24)13-10-14-8-11-16(12-9-14)23(25)26/h3-13H,2H2,1H3,(H,21,22,24). The lowest BCUT2D eigenvalue weighted by atomic mass is 10.1. The third-order valence-electron chi connectivity index (χ3n) is 3.83. The number of nitro benzene ring substituents is 1. The number of anilines is 1. The molecule has 3 rings (SSSR count). The molecule has 6 nitrogen and oxygen atoms in total. The van der Waals surface area contributed by atoms with Gasteiger partial charge in [-0.2, -0.15) is 0 Å². The van der Waals surface area contributed by atoms with E-state index in [2.05, 4.69) is 17.2 Å². The van der Waals surface area contributed by atoms with E-state index in [9.17, 15) is 14.9 Å². The van der Waals surface area contributed by atoms with Crippen molar-refractivity contribution >= 4 is 34.1 Å². The maximum absolute atomic E-state index is 12.2. The Balaban J connectivity index is 1.70. The minimum Gasteiger partial charge on any atom is -0.298 e. The van der Waals surface area contributed by atoms with Gasteiger partial charge >= 0.3 is 0 Å². The van der Waals surface area contributed by atoms with Crippen LogP contribution >= 0.6 is 11.3 Å². The highest BCUT2D eigenvalue weighted by Gasteiger charge is 2.12. The van der Waals surface area contributed by atoms with Gasteiger partial charge in [0.2, 0.25) is 5.91 Å². The third-order valence-corrected chi connectivity index (χ3v) is 4.94. The largest absolute Gasteiger partial charge is 0.298 e. The minimum atomic E-state index is -0.460. The van der Waals surface area contributed by atoms with Crippen LogP contribution in [0.1, 0.15) is 17.4 Å². The fraction of sp³-hybridized carbons (Fsp3) is 0.100. The van der Waals surface area contributed by atoms with Gasteiger partial charge in [0.25, 0.3) is 5.69 Å². The summed E-state index contributed by atoms with van der Waals surface area (Å²) in [5.41, 5.74) is 2.62. The van der Waals surface area contributed by atoms with Crippen LogP contribution in [-0.2, 0) is 11.2 Å². The summed E-state index contributed by atoms with van der Waals surface area (Å²) < 4.78 is 0. The van der Waals surface area contributed by atoms with Crippen molar-refractivity contribution in [3.63, 3.8) is 0 Å². The van der Waals surface area contributed by atoms with Gasteiger partial charge < -0.3 is 0 Å². The van der Waals surface area contributed by atoms with E-state index < -0.39 is 4.92 Å². The Hall–Kier alpha value is -3.32. The quantitative estimate of drug-likeness (QED) is 0.374. The zero-order valence-corrected chi connectivity index (χ0v) is 15.4. The maximum atomic E-state index is 12.2. The Bertz CT molecular complexity index is 979. The topological polar surface area (TPSA) is 85.1 Å². The van der Waals surface area contributed by atoms with Gasteiger partial charge in [-0.1, -0.05) is 37.3 Å². The van der Waals surface area contributed by atoms with Gasteiger partial charge in [-0.3, -0.25) is 20.2 Å². The molecule has 0 fully saturated rings. The van der Waals surface area contributed by atoms with Crippen molar-refractivity contribution in [2.45, 2.75) is 13.3 Å². The molecular formula is C20H17N3O3S. The molecule has 0 aliphatic heterocycles. The van der Waals surface area contributed by atoms with E-state index in [-0.39, 0.29) is 11.6 Å². The van der Waals surface area contributed by atoms with Crippen LogP contribution in [0, 0.1) is 10.1 Å². The lowest BCUT2D eigenvalue weighted by Gasteiger charge is -1.98. The predicted octanol–water partition coefficient (Wildman–Crippen LogP) is 4.93. The normalized spacial score (nSPS) is 10.9. The number of aromatic nitrogens is 1. The number of nitro groups is 1. The molecule has 136 valence electrons. The highest BCUT2D eigenvalue weighted by molar-refractivity contribution is 7.16. The molecule has 1 heterocycles. The molecule has 0 atom stereocenters.